The highest BCUT2D eigenvalue weighted by atomic mass is 35.5. The van der Waals surface area contributed by atoms with Crippen molar-refractivity contribution in [3.63, 3.8) is 0 Å². The molecular weight excluding hydrogens is 423 g/mol. The third-order valence-electron chi connectivity index (χ3n) is 4.96. The van der Waals surface area contributed by atoms with Crippen molar-refractivity contribution in [2.45, 2.75) is 0 Å². The van der Waals surface area contributed by atoms with Crippen LogP contribution in [0.25, 0.3) is 16.9 Å². The molecule has 0 spiro atoms. The molecule has 4 rings (SSSR count). The smallest absolute Gasteiger partial charge is 0.270 e. The van der Waals surface area contributed by atoms with Crippen molar-refractivity contribution in [2.75, 3.05) is 39.4 Å². The van der Waals surface area contributed by atoms with Crippen LogP contribution in [0.2, 0.25) is 10.0 Å². The average Bonchev–Trinajstić information content (AvgIpc) is 3.20. The van der Waals surface area contributed by atoms with Gasteiger partial charge in [0, 0.05) is 36.8 Å². The summed E-state index contributed by atoms with van der Waals surface area (Å²) in [6, 6.07) is 16.4. The van der Waals surface area contributed by atoms with Crippen molar-refractivity contribution >= 4 is 29.1 Å². The van der Waals surface area contributed by atoms with E-state index in [1.54, 1.807) is 28.9 Å². The van der Waals surface area contributed by atoms with Crippen molar-refractivity contribution in [2.24, 2.45) is 0 Å². The van der Waals surface area contributed by atoms with E-state index in [1.165, 1.54) is 0 Å². The number of ether oxygens (including phenoxy) is 1. The Bertz CT molecular complexity index is 1030. The molecule has 1 aliphatic heterocycles. The summed E-state index contributed by atoms with van der Waals surface area (Å²) in [6.45, 7) is 4.55. The lowest BCUT2D eigenvalue weighted by atomic mass is 10.1. The second kappa shape index (κ2) is 9.62. The Morgan fingerprint density at radius 1 is 1.07 bits per heavy atom. The van der Waals surface area contributed by atoms with Crippen LogP contribution in [0.1, 0.15) is 10.5 Å². The van der Waals surface area contributed by atoms with E-state index in [0.29, 0.717) is 33.7 Å². The van der Waals surface area contributed by atoms with Gasteiger partial charge < -0.3 is 10.1 Å². The molecule has 0 atom stereocenters. The molecule has 1 amide bonds. The normalized spacial score (nSPS) is 14.6. The van der Waals surface area contributed by atoms with Crippen LogP contribution >= 0.6 is 23.2 Å². The lowest BCUT2D eigenvalue weighted by Gasteiger charge is -2.26. The molecule has 0 aliphatic carbocycles. The minimum Gasteiger partial charge on any atom is -0.379 e. The molecule has 0 bridgehead atoms. The molecule has 2 aromatic carbocycles. The standard InChI is InChI=1S/C22H22Cl2N4O2/c23-16-4-3-5-17(14-16)28-21(15-20(26-28)18-6-1-2-7-19(18)24)22(29)25-8-9-27-10-12-30-13-11-27/h1-7,14-15H,8-13H2,(H,25,29). The number of nitrogens with one attached hydrogen (secondary N) is 1. The van der Waals surface area contributed by atoms with Crippen molar-refractivity contribution in [1.29, 1.82) is 0 Å². The van der Waals surface area contributed by atoms with Gasteiger partial charge in [-0.05, 0) is 30.3 Å². The highest BCUT2D eigenvalue weighted by molar-refractivity contribution is 6.33. The van der Waals surface area contributed by atoms with Gasteiger partial charge in [0.2, 0.25) is 0 Å². The second-order valence-corrected chi connectivity index (χ2v) is 7.84. The first-order chi connectivity index (χ1) is 14.6. The Kier molecular flexibility index (Phi) is 6.69. The summed E-state index contributed by atoms with van der Waals surface area (Å²) in [5.41, 5.74) is 2.52. The van der Waals surface area contributed by atoms with Gasteiger partial charge in [0.15, 0.2) is 0 Å². The summed E-state index contributed by atoms with van der Waals surface area (Å²) < 4.78 is 6.97. The van der Waals surface area contributed by atoms with Crippen molar-refractivity contribution in [3.8, 4) is 16.9 Å². The Labute approximate surface area is 185 Å². The van der Waals surface area contributed by atoms with Gasteiger partial charge in [0.1, 0.15) is 5.69 Å². The molecule has 156 valence electrons. The molecular formula is C22H22Cl2N4O2. The maximum atomic E-state index is 13.0. The molecule has 1 aliphatic rings. The minimum atomic E-state index is -0.200. The summed E-state index contributed by atoms with van der Waals surface area (Å²) in [5.74, 6) is -0.200. The number of benzene rings is 2. The van der Waals surface area contributed by atoms with Crippen molar-refractivity contribution in [3.05, 3.63) is 70.3 Å². The van der Waals surface area contributed by atoms with Gasteiger partial charge in [-0.15, -0.1) is 0 Å². The van der Waals surface area contributed by atoms with Crippen LogP contribution in [0.4, 0.5) is 0 Å². The zero-order valence-corrected chi connectivity index (χ0v) is 17.9. The fraction of sp³-hybridized carbons (Fsp3) is 0.273. The zero-order chi connectivity index (χ0) is 20.9. The lowest BCUT2D eigenvalue weighted by molar-refractivity contribution is 0.0383. The van der Waals surface area contributed by atoms with Crippen LogP contribution in [0.3, 0.4) is 0 Å². The predicted octanol–water partition coefficient (Wildman–Crippen LogP) is 3.91. The van der Waals surface area contributed by atoms with E-state index >= 15 is 0 Å². The fourth-order valence-corrected chi connectivity index (χ4v) is 3.81. The number of morpholine rings is 1. The third-order valence-corrected chi connectivity index (χ3v) is 5.53. The first-order valence-corrected chi connectivity index (χ1v) is 10.6. The van der Waals surface area contributed by atoms with E-state index in [0.717, 1.165) is 38.4 Å². The number of hydrogen-bond donors (Lipinski definition) is 1. The largest absolute Gasteiger partial charge is 0.379 e. The summed E-state index contributed by atoms with van der Waals surface area (Å²) in [6.07, 6.45) is 0. The molecule has 1 N–H and O–H groups in total. The Morgan fingerprint density at radius 3 is 2.63 bits per heavy atom. The van der Waals surface area contributed by atoms with Crippen molar-refractivity contribution in [1.82, 2.24) is 20.0 Å². The molecule has 6 nitrogen and oxygen atoms in total. The lowest BCUT2D eigenvalue weighted by Crippen LogP contribution is -2.41. The number of aromatic nitrogens is 2. The highest BCUT2D eigenvalue weighted by Crippen LogP contribution is 2.28. The summed E-state index contributed by atoms with van der Waals surface area (Å²) in [4.78, 5) is 15.3. The van der Waals surface area contributed by atoms with Crippen LogP contribution in [-0.2, 0) is 4.74 Å². The topological polar surface area (TPSA) is 59.4 Å². The Hall–Kier alpha value is -2.38. The minimum absolute atomic E-state index is 0.200. The fourth-order valence-electron chi connectivity index (χ4n) is 3.39. The van der Waals surface area contributed by atoms with Crippen LogP contribution < -0.4 is 5.32 Å². The number of amides is 1. The van der Waals surface area contributed by atoms with Gasteiger partial charge in [-0.1, -0.05) is 47.5 Å². The quantitative estimate of drug-likeness (QED) is 0.625. The average molecular weight is 445 g/mol. The molecule has 0 unspecified atom stereocenters. The van der Waals surface area contributed by atoms with Gasteiger partial charge in [0.05, 0.1) is 29.6 Å². The maximum Gasteiger partial charge on any atom is 0.270 e. The number of rotatable bonds is 6. The van der Waals surface area contributed by atoms with E-state index in [4.69, 9.17) is 27.9 Å². The molecule has 8 heteroatoms. The van der Waals surface area contributed by atoms with Gasteiger partial charge in [0.25, 0.3) is 5.91 Å². The number of carbonyl (C=O) groups excluding carboxylic acids is 1. The first-order valence-electron chi connectivity index (χ1n) is 9.81. The van der Waals surface area contributed by atoms with E-state index in [-0.39, 0.29) is 5.91 Å². The maximum absolute atomic E-state index is 13.0. The van der Waals surface area contributed by atoms with Gasteiger partial charge in [-0.2, -0.15) is 5.10 Å². The number of carbonyl (C=O) groups is 1. The third kappa shape index (κ3) is 4.84. The molecule has 2 heterocycles. The van der Waals surface area contributed by atoms with E-state index in [2.05, 4.69) is 15.3 Å². The predicted molar refractivity (Wildman–Crippen MR) is 119 cm³/mol. The summed E-state index contributed by atoms with van der Waals surface area (Å²) >= 11 is 12.5. The first kappa shape index (κ1) is 20.9. The number of nitrogens with zero attached hydrogens (tertiary/aromatic N) is 3. The van der Waals surface area contributed by atoms with Crippen LogP contribution in [0, 0.1) is 0 Å². The molecule has 3 aromatic rings. The molecule has 0 radical (unpaired) electrons. The van der Waals surface area contributed by atoms with Gasteiger partial charge in [-0.25, -0.2) is 4.68 Å². The molecule has 0 saturated carbocycles. The Morgan fingerprint density at radius 2 is 1.87 bits per heavy atom. The van der Waals surface area contributed by atoms with Crippen LogP contribution in [0.15, 0.2) is 54.6 Å². The van der Waals surface area contributed by atoms with Crippen LogP contribution in [0.5, 0.6) is 0 Å². The van der Waals surface area contributed by atoms with Gasteiger partial charge >= 0.3 is 0 Å². The van der Waals surface area contributed by atoms with E-state index in [9.17, 15) is 4.79 Å². The highest BCUT2D eigenvalue weighted by Gasteiger charge is 2.19. The van der Waals surface area contributed by atoms with E-state index in [1.807, 2.05) is 30.3 Å². The van der Waals surface area contributed by atoms with Gasteiger partial charge in [-0.3, -0.25) is 9.69 Å². The molecule has 30 heavy (non-hydrogen) atoms. The zero-order valence-electron chi connectivity index (χ0n) is 16.4. The second-order valence-electron chi connectivity index (χ2n) is 7.00. The number of halogens is 2. The SMILES string of the molecule is O=C(NCCN1CCOCC1)c1cc(-c2ccccc2Cl)nn1-c1cccc(Cl)c1. The van der Waals surface area contributed by atoms with Crippen LogP contribution in [-0.4, -0.2) is 60.0 Å². The van der Waals surface area contributed by atoms with Crippen molar-refractivity contribution < 1.29 is 9.53 Å². The Balaban J connectivity index is 1.60. The monoisotopic (exact) mass is 444 g/mol. The van der Waals surface area contributed by atoms with E-state index < -0.39 is 0 Å². The summed E-state index contributed by atoms with van der Waals surface area (Å²) in [7, 11) is 0. The molecule has 1 fully saturated rings. The molecule has 1 aromatic heterocycles. The number of hydrogen-bond acceptors (Lipinski definition) is 4. The molecule has 1 saturated heterocycles. The summed E-state index contributed by atoms with van der Waals surface area (Å²) in [5, 5.41) is 8.81.